The zero-order chi connectivity index (χ0) is 22.9. The van der Waals surface area contributed by atoms with Crippen LogP contribution in [0.5, 0.6) is 0 Å². The fraction of sp³-hybridized carbons (Fsp3) is 0. The number of para-hydroxylation sites is 1. The van der Waals surface area contributed by atoms with Crippen LogP contribution in [-0.4, -0.2) is 0 Å². The highest BCUT2D eigenvalue weighted by Crippen LogP contribution is 2.39. The summed E-state index contributed by atoms with van der Waals surface area (Å²) in [5, 5.41) is 2.20. The molecule has 0 unspecified atom stereocenters. The molecule has 1 heterocycles. The van der Waals surface area contributed by atoms with E-state index in [1.54, 1.807) is 0 Å². The number of furan rings is 1. The predicted molar refractivity (Wildman–Crippen MR) is 140 cm³/mol. The lowest BCUT2D eigenvalue weighted by atomic mass is 10.0. The van der Waals surface area contributed by atoms with Crippen molar-refractivity contribution in [1.82, 2.24) is 0 Å². The summed E-state index contributed by atoms with van der Waals surface area (Å²) < 4.78 is 6.16. The molecule has 0 radical (unpaired) electrons. The third kappa shape index (κ3) is 3.48. The first-order chi connectivity index (χ1) is 16.8. The van der Waals surface area contributed by atoms with Crippen LogP contribution in [0.1, 0.15) is 0 Å². The highest BCUT2D eigenvalue weighted by molar-refractivity contribution is 6.06. The molecule has 0 aliphatic carbocycles. The van der Waals surface area contributed by atoms with Crippen LogP contribution < -0.4 is 4.90 Å². The van der Waals surface area contributed by atoms with Crippen molar-refractivity contribution in [3.63, 3.8) is 0 Å². The molecule has 0 fully saturated rings. The molecule has 5 aromatic carbocycles. The summed E-state index contributed by atoms with van der Waals surface area (Å²) in [5.74, 6) is 0. The maximum atomic E-state index is 7.48. The van der Waals surface area contributed by atoms with Gasteiger partial charge in [-0.1, -0.05) is 72.8 Å². The largest absolute Gasteiger partial charge is 0.456 e. The molecule has 3 heteroatoms. The Balaban J connectivity index is 1.50. The van der Waals surface area contributed by atoms with Crippen molar-refractivity contribution in [2.75, 3.05) is 4.90 Å². The maximum absolute atomic E-state index is 7.48. The van der Waals surface area contributed by atoms with Gasteiger partial charge >= 0.3 is 0 Å². The van der Waals surface area contributed by atoms with Crippen molar-refractivity contribution in [1.29, 1.82) is 0 Å². The fourth-order valence-electron chi connectivity index (χ4n) is 4.44. The molecule has 1 aromatic heterocycles. The Bertz CT molecular complexity index is 1660. The average Bonchev–Trinajstić information content (AvgIpc) is 3.28. The smallest absolute Gasteiger partial charge is 0.189 e. The van der Waals surface area contributed by atoms with Gasteiger partial charge < -0.3 is 9.32 Å². The summed E-state index contributed by atoms with van der Waals surface area (Å²) in [6, 6.07) is 41.0. The molecule has 0 aliphatic heterocycles. The van der Waals surface area contributed by atoms with Gasteiger partial charge in [0.2, 0.25) is 0 Å². The Morgan fingerprint density at radius 1 is 0.529 bits per heavy atom. The van der Waals surface area contributed by atoms with Crippen LogP contribution in [0.4, 0.5) is 22.7 Å². The monoisotopic (exact) mass is 436 g/mol. The van der Waals surface area contributed by atoms with Crippen LogP contribution in [0.3, 0.4) is 0 Å². The molecule has 0 aliphatic rings. The van der Waals surface area contributed by atoms with Gasteiger partial charge in [0.05, 0.1) is 6.57 Å². The normalized spacial score (nSPS) is 10.9. The van der Waals surface area contributed by atoms with E-state index in [0.29, 0.717) is 5.69 Å². The van der Waals surface area contributed by atoms with E-state index >= 15 is 0 Å². The number of rotatable bonds is 4. The van der Waals surface area contributed by atoms with Gasteiger partial charge in [0, 0.05) is 33.9 Å². The van der Waals surface area contributed by atoms with Crippen molar-refractivity contribution in [3.8, 4) is 11.1 Å². The molecular formula is C31H20N2O. The summed E-state index contributed by atoms with van der Waals surface area (Å²) >= 11 is 0. The third-order valence-electron chi connectivity index (χ3n) is 6.07. The standard InChI is InChI=1S/C31H20N2O/c1-32-24-10-7-11-26(20-24)33(25-16-14-23(15-17-25)22-8-3-2-4-9-22)27-18-19-29-28-12-5-6-13-30(28)34-31(29)21-27/h2-21H. The Kier molecular flexibility index (Phi) is 4.83. The lowest BCUT2D eigenvalue weighted by molar-refractivity contribution is 0.669. The first kappa shape index (κ1) is 19.8. The van der Waals surface area contributed by atoms with E-state index < -0.39 is 0 Å². The molecule has 0 atom stereocenters. The predicted octanol–water partition coefficient (Wildman–Crippen LogP) is 9.27. The zero-order valence-electron chi connectivity index (χ0n) is 18.3. The van der Waals surface area contributed by atoms with Crippen molar-refractivity contribution in [2.24, 2.45) is 0 Å². The minimum Gasteiger partial charge on any atom is -0.456 e. The van der Waals surface area contributed by atoms with E-state index in [2.05, 4.69) is 70.4 Å². The number of anilines is 3. The number of fused-ring (bicyclic) bond motifs is 3. The molecule has 0 saturated carbocycles. The van der Waals surface area contributed by atoms with Gasteiger partial charge in [-0.3, -0.25) is 0 Å². The van der Waals surface area contributed by atoms with Crippen molar-refractivity contribution >= 4 is 44.7 Å². The van der Waals surface area contributed by atoms with E-state index in [-0.39, 0.29) is 0 Å². The van der Waals surface area contributed by atoms with E-state index in [9.17, 15) is 0 Å². The molecule has 0 bridgehead atoms. The molecular weight excluding hydrogens is 416 g/mol. The second-order valence-electron chi connectivity index (χ2n) is 8.16. The second kappa shape index (κ2) is 8.27. The van der Waals surface area contributed by atoms with Crippen molar-refractivity contribution < 1.29 is 4.42 Å². The first-order valence-corrected chi connectivity index (χ1v) is 11.1. The summed E-state index contributed by atoms with van der Waals surface area (Å²) in [5.41, 5.74) is 7.57. The molecule has 0 saturated heterocycles. The Labute approximate surface area is 197 Å². The SMILES string of the molecule is [C-]#[N+]c1cccc(N(c2ccc(-c3ccccc3)cc2)c2ccc3c(c2)oc2ccccc23)c1. The average molecular weight is 437 g/mol. The summed E-state index contributed by atoms with van der Waals surface area (Å²) in [4.78, 5) is 5.80. The molecule has 6 aromatic rings. The van der Waals surface area contributed by atoms with E-state index in [1.165, 1.54) is 5.56 Å². The number of hydrogen-bond donors (Lipinski definition) is 0. The number of nitrogens with zero attached hydrogens (tertiary/aromatic N) is 2. The second-order valence-corrected chi connectivity index (χ2v) is 8.16. The lowest BCUT2D eigenvalue weighted by Crippen LogP contribution is -2.09. The van der Waals surface area contributed by atoms with Crippen LogP contribution >= 0.6 is 0 Å². The molecule has 6 rings (SSSR count). The van der Waals surface area contributed by atoms with Gasteiger partial charge in [-0.2, -0.15) is 0 Å². The molecule has 0 amide bonds. The number of hydrogen-bond acceptors (Lipinski definition) is 2. The van der Waals surface area contributed by atoms with Gasteiger partial charge in [0.1, 0.15) is 11.2 Å². The summed E-state index contributed by atoms with van der Waals surface area (Å²) in [6.07, 6.45) is 0. The molecule has 34 heavy (non-hydrogen) atoms. The molecule has 3 nitrogen and oxygen atoms in total. The number of benzene rings is 5. The zero-order valence-corrected chi connectivity index (χ0v) is 18.3. The van der Waals surface area contributed by atoms with Gasteiger partial charge in [0.25, 0.3) is 0 Å². The van der Waals surface area contributed by atoms with Crippen LogP contribution in [0.25, 0.3) is 37.9 Å². The summed E-state index contributed by atoms with van der Waals surface area (Å²) in [7, 11) is 0. The first-order valence-electron chi connectivity index (χ1n) is 11.1. The lowest BCUT2D eigenvalue weighted by Gasteiger charge is -2.26. The highest BCUT2D eigenvalue weighted by atomic mass is 16.3. The van der Waals surface area contributed by atoms with Gasteiger partial charge in [-0.05, 0) is 53.6 Å². The van der Waals surface area contributed by atoms with Crippen LogP contribution in [0, 0.1) is 6.57 Å². The van der Waals surface area contributed by atoms with Crippen LogP contribution in [0.2, 0.25) is 0 Å². The van der Waals surface area contributed by atoms with E-state index in [1.807, 2.05) is 60.7 Å². The van der Waals surface area contributed by atoms with E-state index in [4.69, 9.17) is 11.0 Å². The maximum Gasteiger partial charge on any atom is 0.189 e. The van der Waals surface area contributed by atoms with Crippen molar-refractivity contribution in [3.05, 3.63) is 133 Å². The van der Waals surface area contributed by atoms with Gasteiger partial charge in [-0.25, -0.2) is 4.85 Å². The fourth-order valence-corrected chi connectivity index (χ4v) is 4.44. The van der Waals surface area contributed by atoms with Gasteiger partial charge in [-0.15, -0.1) is 0 Å². The topological polar surface area (TPSA) is 20.7 Å². The van der Waals surface area contributed by atoms with Gasteiger partial charge in [0.15, 0.2) is 5.69 Å². The van der Waals surface area contributed by atoms with Crippen LogP contribution in [-0.2, 0) is 0 Å². The third-order valence-corrected chi connectivity index (χ3v) is 6.07. The minimum atomic E-state index is 0.605. The summed E-state index contributed by atoms with van der Waals surface area (Å²) in [6.45, 7) is 7.48. The Morgan fingerprint density at radius 3 is 2.03 bits per heavy atom. The molecule has 0 spiro atoms. The molecule has 0 N–H and O–H groups in total. The molecule has 160 valence electrons. The highest BCUT2D eigenvalue weighted by Gasteiger charge is 2.16. The van der Waals surface area contributed by atoms with Crippen molar-refractivity contribution in [2.45, 2.75) is 0 Å². The quantitative estimate of drug-likeness (QED) is 0.257. The van der Waals surface area contributed by atoms with E-state index in [0.717, 1.165) is 44.6 Å². The minimum absolute atomic E-state index is 0.605. The Morgan fingerprint density at radius 2 is 1.21 bits per heavy atom. The Hall–Kier alpha value is -4.81. The van der Waals surface area contributed by atoms with Crippen LogP contribution in [0.15, 0.2) is 126 Å².